The van der Waals surface area contributed by atoms with Crippen LogP contribution in [0, 0.1) is 10.2 Å². The Kier molecular flexibility index (Phi) is 4.35. The number of hydrogen-bond acceptors (Lipinski definition) is 5. The number of hydrogen-bond donors (Lipinski definition) is 0. The summed E-state index contributed by atoms with van der Waals surface area (Å²) in [6.45, 7) is 0. The second-order valence-corrected chi connectivity index (χ2v) is 6.70. The van der Waals surface area contributed by atoms with Crippen molar-refractivity contribution in [3.05, 3.63) is 79.0 Å². The fourth-order valence-electron chi connectivity index (χ4n) is 3.29. The van der Waals surface area contributed by atoms with Crippen LogP contribution < -0.4 is 23.0 Å². The first-order valence-electron chi connectivity index (χ1n) is 8.03. The lowest BCUT2D eigenvalue weighted by Crippen LogP contribution is -2.68. The van der Waals surface area contributed by atoms with E-state index >= 15 is 0 Å². The molecule has 0 bridgehead atoms. The molecule has 5 aromatic rings. The maximum Gasteiger partial charge on any atom is 0.245 e. The lowest BCUT2D eigenvalue weighted by molar-refractivity contribution is -2.00. The highest BCUT2D eigenvalue weighted by Crippen LogP contribution is 2.23. The highest BCUT2D eigenvalue weighted by atomic mass is 35.7. The van der Waals surface area contributed by atoms with E-state index in [1.165, 1.54) is 32.7 Å². The Morgan fingerprint density at radius 1 is 0.667 bits per heavy atom. The highest BCUT2D eigenvalue weighted by molar-refractivity contribution is 6.01. The molecule has 6 nitrogen and oxygen atoms in total. The number of aromatic nitrogens is 2. The van der Waals surface area contributed by atoms with Crippen molar-refractivity contribution in [1.29, 1.82) is 0 Å². The molecule has 134 valence electrons. The zero-order valence-electron chi connectivity index (χ0n) is 13.9. The predicted molar refractivity (Wildman–Crippen MR) is 89.9 cm³/mol. The second-order valence-electron chi connectivity index (χ2n) is 5.94. The van der Waals surface area contributed by atoms with Crippen molar-refractivity contribution in [2.45, 2.75) is 0 Å². The number of halogens is 1. The van der Waals surface area contributed by atoms with Gasteiger partial charge in [-0.25, -0.2) is 23.6 Å². The van der Waals surface area contributed by atoms with Gasteiger partial charge in [0.1, 0.15) is 5.52 Å². The summed E-state index contributed by atoms with van der Waals surface area (Å²) in [5, 5.41) is 3.61. The molecule has 0 amide bonds. The minimum Gasteiger partial charge on any atom is -0.249 e. The summed E-state index contributed by atoms with van der Waals surface area (Å²) < 4.78 is 36.3. The topological polar surface area (TPSA) is 109 Å². The number of rotatable bonds is 0. The van der Waals surface area contributed by atoms with Crippen LogP contribution in [0.5, 0.6) is 0 Å². The Morgan fingerprint density at radius 3 is 2.04 bits per heavy atom. The van der Waals surface area contributed by atoms with Crippen LogP contribution in [-0.2, 0) is 0 Å². The summed E-state index contributed by atoms with van der Waals surface area (Å²) in [6.07, 6.45) is 1.87. The lowest BCUT2D eigenvalue weighted by Gasteiger charge is -2.17. The van der Waals surface area contributed by atoms with Gasteiger partial charge in [0.15, 0.2) is 0 Å². The van der Waals surface area contributed by atoms with Crippen molar-refractivity contribution in [3.8, 4) is 0 Å². The monoisotopic (exact) mass is 380 g/mol. The van der Waals surface area contributed by atoms with Crippen molar-refractivity contribution in [2.24, 2.45) is 0 Å². The zero-order valence-corrected chi connectivity index (χ0v) is 14.7. The van der Waals surface area contributed by atoms with Crippen LogP contribution in [0.25, 0.3) is 38.2 Å². The molecule has 0 saturated carbocycles. The van der Waals surface area contributed by atoms with Crippen LogP contribution in [-0.4, -0.2) is 4.98 Å². The van der Waals surface area contributed by atoms with E-state index in [4.69, 9.17) is 18.6 Å². The molecule has 5 rings (SSSR count). The molecule has 0 fully saturated rings. The number of pyridine rings is 3. The van der Waals surface area contributed by atoms with Crippen molar-refractivity contribution < 1.29 is 33.3 Å². The van der Waals surface area contributed by atoms with Gasteiger partial charge in [-0.1, -0.05) is 24.3 Å². The van der Waals surface area contributed by atoms with E-state index in [1.807, 2.05) is 12.3 Å². The van der Waals surface area contributed by atoms with Crippen LogP contribution >= 0.6 is 0 Å². The van der Waals surface area contributed by atoms with E-state index in [1.54, 1.807) is 0 Å². The molecule has 0 unspecified atom stereocenters. The smallest absolute Gasteiger partial charge is 0.245 e. The van der Waals surface area contributed by atoms with Gasteiger partial charge in [-0.15, -0.1) is 10.2 Å². The average Bonchev–Trinajstić information content (AvgIpc) is 2.66. The van der Waals surface area contributed by atoms with Crippen LogP contribution in [0.2, 0.25) is 0 Å². The van der Waals surface area contributed by atoms with E-state index in [0.717, 1.165) is 5.52 Å². The molecular weight excluding hydrogens is 368 g/mol. The molecule has 0 atom stereocenters. The van der Waals surface area contributed by atoms with Crippen LogP contribution in [0.1, 0.15) is 0 Å². The van der Waals surface area contributed by atoms with Gasteiger partial charge in [0.2, 0.25) is 16.6 Å². The third-order valence-electron chi connectivity index (χ3n) is 4.31. The molecule has 2 aromatic carbocycles. The van der Waals surface area contributed by atoms with Gasteiger partial charge in [0, 0.05) is 40.6 Å². The third-order valence-corrected chi connectivity index (χ3v) is 4.31. The summed E-state index contributed by atoms with van der Waals surface area (Å²) in [5.41, 5.74) is 4.62. The largest absolute Gasteiger partial charge is 0.249 e. The molecule has 0 spiro atoms. The predicted octanol–water partition coefficient (Wildman–Crippen LogP) is -0.476. The minimum absolute atomic E-state index is 1.05. The highest BCUT2D eigenvalue weighted by Gasteiger charge is 2.16. The third kappa shape index (κ3) is 3.52. The van der Waals surface area contributed by atoms with Crippen LogP contribution in [0.15, 0.2) is 79.0 Å². The average molecular weight is 381 g/mol. The summed E-state index contributed by atoms with van der Waals surface area (Å²) in [5.74, 6) is 0. The van der Waals surface area contributed by atoms with E-state index in [-0.39, 0.29) is 0 Å². The van der Waals surface area contributed by atoms with Gasteiger partial charge in [-0.3, -0.25) is 0 Å². The molecule has 3 aromatic heterocycles. The summed E-state index contributed by atoms with van der Waals surface area (Å²) in [7, 11) is -4.94. The standard InChI is InChI=1S/C20H13N2.ClHO4/c1-2-6-18-14(4-1)9-11-17-12-10-16-8-7-15-5-3-13-21-19(15)20(16)22(17)18;2-1(3,4)5/h1-13H;(H,2,3,4,5)/q+1;/p-1. The molecule has 27 heavy (non-hydrogen) atoms. The van der Waals surface area contributed by atoms with Crippen molar-refractivity contribution in [1.82, 2.24) is 4.98 Å². The second kappa shape index (κ2) is 6.70. The lowest BCUT2D eigenvalue weighted by atomic mass is 10.1. The van der Waals surface area contributed by atoms with Gasteiger partial charge in [0.25, 0.3) is 0 Å². The molecule has 0 aliphatic carbocycles. The quantitative estimate of drug-likeness (QED) is 0.266. The van der Waals surface area contributed by atoms with Crippen molar-refractivity contribution in [3.63, 3.8) is 0 Å². The first-order chi connectivity index (χ1) is 12.9. The Bertz CT molecular complexity index is 1170. The Hall–Kier alpha value is -2.87. The van der Waals surface area contributed by atoms with E-state index < -0.39 is 10.2 Å². The molecule has 0 saturated heterocycles. The Morgan fingerprint density at radius 2 is 1.26 bits per heavy atom. The van der Waals surface area contributed by atoms with Crippen molar-refractivity contribution in [2.75, 3.05) is 0 Å². The summed E-state index contributed by atoms with van der Waals surface area (Å²) in [6, 6.07) is 25.6. The number of benzene rings is 2. The van der Waals surface area contributed by atoms with Crippen LogP contribution in [0.3, 0.4) is 0 Å². The van der Waals surface area contributed by atoms with E-state index in [9.17, 15) is 0 Å². The first kappa shape index (κ1) is 17.5. The van der Waals surface area contributed by atoms with E-state index in [0.29, 0.717) is 0 Å². The molecular formula is C20H13ClN2O4. The normalized spacial score (nSPS) is 11.7. The SMILES string of the molecule is [O-][Cl+3]([O-])([O-])[O-].c1cnc2c(c1)ccc1ccc3ccc4ccccc4[n+]3c12. The fraction of sp³-hybridized carbons (Fsp3) is 0. The molecule has 0 aliphatic heterocycles. The maximum absolute atomic E-state index is 8.49. The Labute approximate surface area is 155 Å². The first-order valence-corrected chi connectivity index (χ1v) is 9.27. The zero-order chi connectivity index (χ0) is 19.0. The van der Waals surface area contributed by atoms with Crippen LogP contribution in [0.4, 0.5) is 0 Å². The Balaban J connectivity index is 0.000000323. The van der Waals surface area contributed by atoms with Gasteiger partial charge >= 0.3 is 0 Å². The number of fused-ring (bicyclic) bond motifs is 7. The molecule has 3 heterocycles. The van der Waals surface area contributed by atoms with Gasteiger partial charge in [-0.2, -0.15) is 4.40 Å². The molecule has 7 heteroatoms. The number of para-hydroxylation sites is 1. The summed E-state index contributed by atoms with van der Waals surface area (Å²) >= 11 is 0. The minimum atomic E-state index is -4.94. The van der Waals surface area contributed by atoms with E-state index in [2.05, 4.69) is 76.1 Å². The fourth-order valence-corrected chi connectivity index (χ4v) is 3.29. The molecule has 0 N–H and O–H groups in total. The molecule has 0 aliphatic rings. The molecule has 0 radical (unpaired) electrons. The summed E-state index contributed by atoms with van der Waals surface area (Å²) in [4.78, 5) is 4.65. The van der Waals surface area contributed by atoms with Crippen molar-refractivity contribution >= 4 is 38.2 Å². The van der Waals surface area contributed by atoms with Gasteiger partial charge in [-0.05, 0) is 30.3 Å². The maximum atomic E-state index is 8.49. The van der Waals surface area contributed by atoms with Gasteiger partial charge in [0.05, 0.1) is 0 Å². The van der Waals surface area contributed by atoms with Gasteiger partial charge < -0.3 is 0 Å². The number of nitrogens with zero attached hydrogens (tertiary/aromatic N) is 2.